The van der Waals surface area contributed by atoms with Gasteiger partial charge in [-0.2, -0.15) is 0 Å². The summed E-state index contributed by atoms with van der Waals surface area (Å²) in [6, 6.07) is 11.5. The summed E-state index contributed by atoms with van der Waals surface area (Å²) in [5.41, 5.74) is 1.66. The van der Waals surface area contributed by atoms with Crippen molar-refractivity contribution in [2.45, 2.75) is 46.7 Å². The predicted octanol–water partition coefficient (Wildman–Crippen LogP) is 3.77. The van der Waals surface area contributed by atoms with Gasteiger partial charge in [0.15, 0.2) is 0 Å². The molecule has 0 amide bonds. The molecular weight excluding hydrogens is 182 g/mol. The van der Waals surface area contributed by atoms with Gasteiger partial charge in [0.1, 0.15) is 0 Å². The normalized spacial score (nSPS) is 16.1. The van der Waals surface area contributed by atoms with Crippen molar-refractivity contribution in [3.05, 3.63) is 35.9 Å². The van der Waals surface area contributed by atoms with Gasteiger partial charge in [0, 0.05) is 12.1 Å². The van der Waals surface area contributed by atoms with Crippen molar-refractivity contribution in [3.8, 4) is 0 Å². The van der Waals surface area contributed by atoms with E-state index in [9.17, 15) is 0 Å². The first-order chi connectivity index (χ1) is 6.91. The highest BCUT2D eigenvalue weighted by molar-refractivity contribution is 5.18. The molecule has 0 aliphatic heterocycles. The second-order valence-electron chi connectivity index (χ2n) is 5.39. The molecule has 0 saturated heterocycles. The van der Waals surface area contributed by atoms with Crippen molar-refractivity contribution in [2.24, 2.45) is 5.41 Å². The molecule has 1 aromatic rings. The first-order valence-corrected chi connectivity index (χ1v) is 5.72. The number of nitrogens with one attached hydrogen (secondary N) is 1. The highest BCUT2D eigenvalue weighted by Crippen LogP contribution is 2.22. The van der Waals surface area contributed by atoms with Crippen LogP contribution in [0, 0.1) is 5.41 Å². The number of hydrogen-bond acceptors (Lipinski definition) is 1. The summed E-state index contributed by atoms with van der Waals surface area (Å²) in [4.78, 5) is 0. The fourth-order valence-electron chi connectivity index (χ4n) is 1.46. The summed E-state index contributed by atoms with van der Waals surface area (Å²) in [7, 11) is 0. The molecule has 0 spiro atoms. The zero-order valence-corrected chi connectivity index (χ0v) is 10.5. The van der Waals surface area contributed by atoms with E-state index in [4.69, 9.17) is 0 Å². The van der Waals surface area contributed by atoms with Gasteiger partial charge in [0.2, 0.25) is 0 Å². The second kappa shape index (κ2) is 4.80. The van der Waals surface area contributed by atoms with Crippen molar-refractivity contribution in [1.29, 1.82) is 0 Å². The molecule has 0 heterocycles. The molecule has 0 fully saturated rings. The largest absolute Gasteiger partial charge is 0.307 e. The topological polar surface area (TPSA) is 12.0 Å². The van der Waals surface area contributed by atoms with Crippen molar-refractivity contribution in [3.63, 3.8) is 0 Å². The van der Waals surface area contributed by atoms with Crippen molar-refractivity contribution < 1.29 is 0 Å². The zero-order valence-electron chi connectivity index (χ0n) is 10.5. The highest BCUT2D eigenvalue weighted by atomic mass is 15.0. The molecule has 15 heavy (non-hydrogen) atoms. The molecule has 1 aromatic carbocycles. The van der Waals surface area contributed by atoms with E-state index in [0.29, 0.717) is 17.5 Å². The lowest BCUT2D eigenvalue weighted by molar-refractivity contribution is 0.268. The van der Waals surface area contributed by atoms with Crippen LogP contribution in [0.25, 0.3) is 0 Å². The zero-order chi connectivity index (χ0) is 11.5. The molecule has 0 unspecified atom stereocenters. The molecule has 1 heteroatoms. The van der Waals surface area contributed by atoms with Gasteiger partial charge in [0.05, 0.1) is 0 Å². The van der Waals surface area contributed by atoms with E-state index in [0.717, 1.165) is 0 Å². The lowest BCUT2D eigenvalue weighted by atomic mass is 9.87. The van der Waals surface area contributed by atoms with E-state index in [1.165, 1.54) is 5.56 Å². The third-order valence-corrected chi connectivity index (χ3v) is 3.10. The Morgan fingerprint density at radius 3 is 2.00 bits per heavy atom. The van der Waals surface area contributed by atoms with Crippen molar-refractivity contribution in [2.75, 3.05) is 0 Å². The van der Waals surface area contributed by atoms with Crippen LogP contribution in [0.15, 0.2) is 30.3 Å². The van der Waals surface area contributed by atoms with E-state index in [1.807, 2.05) is 0 Å². The van der Waals surface area contributed by atoms with Crippen LogP contribution >= 0.6 is 0 Å². The van der Waals surface area contributed by atoms with Gasteiger partial charge in [-0.3, -0.25) is 0 Å². The Morgan fingerprint density at radius 1 is 1.00 bits per heavy atom. The van der Waals surface area contributed by atoms with Gasteiger partial charge >= 0.3 is 0 Å². The van der Waals surface area contributed by atoms with Crippen LogP contribution in [0.2, 0.25) is 0 Å². The fraction of sp³-hybridized carbons (Fsp3) is 0.571. The fourth-order valence-corrected chi connectivity index (χ4v) is 1.46. The summed E-state index contributed by atoms with van der Waals surface area (Å²) in [5.74, 6) is 0. The first-order valence-electron chi connectivity index (χ1n) is 5.72. The van der Waals surface area contributed by atoms with E-state index in [2.05, 4.69) is 70.3 Å². The maximum Gasteiger partial charge on any atom is 0.0294 e. The average molecular weight is 205 g/mol. The lowest BCUT2D eigenvalue weighted by Gasteiger charge is -2.31. The number of benzene rings is 1. The molecule has 1 rings (SSSR count). The Hall–Kier alpha value is -0.820. The third-order valence-electron chi connectivity index (χ3n) is 3.10. The van der Waals surface area contributed by atoms with Gasteiger partial charge in [-0.25, -0.2) is 0 Å². The summed E-state index contributed by atoms with van der Waals surface area (Å²) in [5, 5.41) is 3.64. The minimum atomic E-state index is 0.309. The van der Waals surface area contributed by atoms with E-state index >= 15 is 0 Å². The quantitative estimate of drug-likeness (QED) is 0.792. The van der Waals surface area contributed by atoms with Crippen LogP contribution < -0.4 is 5.32 Å². The van der Waals surface area contributed by atoms with E-state index < -0.39 is 0 Å². The molecule has 0 aliphatic carbocycles. The molecule has 1 nitrogen and oxygen atoms in total. The molecule has 0 radical (unpaired) electrons. The summed E-state index contributed by atoms with van der Waals surface area (Å²) >= 11 is 0. The van der Waals surface area contributed by atoms with E-state index in [-0.39, 0.29) is 0 Å². The monoisotopic (exact) mass is 205 g/mol. The molecule has 0 saturated carbocycles. The number of hydrogen-bond donors (Lipinski definition) is 1. The number of rotatable bonds is 3. The minimum absolute atomic E-state index is 0.309. The van der Waals surface area contributed by atoms with Crippen LogP contribution in [-0.2, 0) is 0 Å². The Labute approximate surface area is 93.9 Å². The van der Waals surface area contributed by atoms with Crippen molar-refractivity contribution >= 4 is 0 Å². The van der Waals surface area contributed by atoms with Crippen LogP contribution in [0.4, 0.5) is 0 Å². The van der Waals surface area contributed by atoms with Gasteiger partial charge in [-0.05, 0) is 24.8 Å². The van der Waals surface area contributed by atoms with Crippen molar-refractivity contribution in [1.82, 2.24) is 5.32 Å². The SMILES string of the molecule is C[C@@H](N[C@H](C)C(C)(C)C)c1ccccc1. The van der Waals surface area contributed by atoms with Crippen LogP contribution in [0.1, 0.15) is 46.2 Å². The maximum atomic E-state index is 3.64. The first kappa shape index (κ1) is 12.3. The maximum absolute atomic E-state index is 3.64. The molecular formula is C14H23N. The Morgan fingerprint density at radius 2 is 1.53 bits per heavy atom. The highest BCUT2D eigenvalue weighted by Gasteiger charge is 2.21. The summed E-state index contributed by atoms with van der Waals surface area (Å²) in [6.45, 7) is 11.3. The molecule has 2 atom stereocenters. The van der Waals surface area contributed by atoms with Gasteiger partial charge < -0.3 is 5.32 Å². The molecule has 84 valence electrons. The smallest absolute Gasteiger partial charge is 0.0294 e. The standard InChI is InChI=1S/C14H23N/c1-11(13-9-7-6-8-10-13)15-12(2)14(3,4)5/h6-12,15H,1-5H3/t11-,12-/m1/s1. The predicted molar refractivity (Wildman–Crippen MR) is 66.9 cm³/mol. The Bertz CT molecular complexity index is 284. The van der Waals surface area contributed by atoms with Crippen LogP contribution in [-0.4, -0.2) is 6.04 Å². The van der Waals surface area contributed by atoms with Crippen LogP contribution in [0.5, 0.6) is 0 Å². The molecule has 0 aromatic heterocycles. The Balaban J connectivity index is 2.61. The van der Waals surface area contributed by atoms with E-state index in [1.54, 1.807) is 0 Å². The summed E-state index contributed by atoms with van der Waals surface area (Å²) < 4.78 is 0. The van der Waals surface area contributed by atoms with Crippen LogP contribution in [0.3, 0.4) is 0 Å². The summed E-state index contributed by atoms with van der Waals surface area (Å²) in [6.07, 6.45) is 0. The third kappa shape index (κ3) is 3.67. The Kier molecular flexibility index (Phi) is 3.92. The van der Waals surface area contributed by atoms with Gasteiger partial charge in [0.25, 0.3) is 0 Å². The molecule has 0 aliphatic rings. The average Bonchev–Trinajstić information content (AvgIpc) is 2.17. The van der Waals surface area contributed by atoms with Gasteiger partial charge in [-0.1, -0.05) is 51.1 Å². The molecule has 0 bridgehead atoms. The van der Waals surface area contributed by atoms with Gasteiger partial charge in [-0.15, -0.1) is 0 Å². The lowest BCUT2D eigenvalue weighted by Crippen LogP contribution is -2.39. The minimum Gasteiger partial charge on any atom is -0.307 e. The second-order valence-corrected chi connectivity index (χ2v) is 5.39. The molecule has 1 N–H and O–H groups in total.